The second-order valence-corrected chi connectivity index (χ2v) is 9.49. The van der Waals surface area contributed by atoms with Crippen molar-refractivity contribution >= 4 is 40.9 Å². The minimum absolute atomic E-state index is 0.0118. The molecule has 0 saturated carbocycles. The first-order valence-corrected chi connectivity index (χ1v) is 11.2. The fourth-order valence-corrected chi connectivity index (χ4v) is 4.48. The number of amides is 2. The van der Waals surface area contributed by atoms with Gasteiger partial charge in [0.15, 0.2) is 0 Å². The predicted molar refractivity (Wildman–Crippen MR) is 125 cm³/mol. The zero-order chi connectivity index (χ0) is 22.8. The molecule has 2 aliphatic heterocycles. The van der Waals surface area contributed by atoms with Crippen LogP contribution < -0.4 is 5.32 Å². The van der Waals surface area contributed by atoms with Crippen molar-refractivity contribution in [1.29, 1.82) is 0 Å². The highest BCUT2D eigenvalue weighted by Crippen LogP contribution is 2.36. The third-order valence-corrected chi connectivity index (χ3v) is 6.58. The second kappa shape index (κ2) is 9.28. The minimum Gasteiger partial charge on any atom is -0.356 e. The van der Waals surface area contributed by atoms with Gasteiger partial charge >= 0.3 is 0 Å². The van der Waals surface area contributed by atoms with Crippen LogP contribution in [0.5, 0.6) is 0 Å². The van der Waals surface area contributed by atoms with Crippen molar-refractivity contribution in [1.82, 2.24) is 20.1 Å². The smallest absolute Gasteiger partial charge is 0.270 e. The number of likely N-dealkylation sites (tertiary alicyclic amines) is 1. The largest absolute Gasteiger partial charge is 0.356 e. The quantitative estimate of drug-likeness (QED) is 0.496. The number of nitrogens with zero attached hydrogens (tertiary/aromatic N) is 4. The van der Waals surface area contributed by atoms with Crippen LogP contribution in [0.25, 0.3) is 0 Å². The highest BCUT2D eigenvalue weighted by molar-refractivity contribution is 8.00. The molecule has 0 spiro atoms. The lowest BCUT2D eigenvalue weighted by Gasteiger charge is -2.24. The van der Waals surface area contributed by atoms with E-state index in [-0.39, 0.29) is 17.2 Å². The molecule has 0 aromatic carbocycles. The van der Waals surface area contributed by atoms with Crippen LogP contribution in [0.3, 0.4) is 0 Å². The zero-order valence-corrected chi connectivity index (χ0v) is 19.5. The lowest BCUT2D eigenvalue weighted by molar-refractivity contribution is -0.133. The van der Waals surface area contributed by atoms with Gasteiger partial charge in [0.1, 0.15) is 16.2 Å². The second-order valence-electron chi connectivity index (χ2n) is 8.03. The number of hydrogen-bond acceptors (Lipinski definition) is 6. The van der Waals surface area contributed by atoms with Crippen LogP contribution in [0, 0.1) is 5.41 Å². The molecule has 3 rings (SSSR count). The maximum atomic E-state index is 13.0. The fraction of sp³-hybridized carbons (Fsp3) is 0.364. The van der Waals surface area contributed by atoms with Gasteiger partial charge < -0.3 is 15.1 Å². The normalized spacial score (nSPS) is 20.5. The van der Waals surface area contributed by atoms with Gasteiger partial charge in [-0.1, -0.05) is 38.6 Å². The number of aliphatic imine (C=N–C) groups is 1. The van der Waals surface area contributed by atoms with Gasteiger partial charge in [0.2, 0.25) is 5.91 Å². The third-order valence-electron chi connectivity index (χ3n) is 5.24. The van der Waals surface area contributed by atoms with Gasteiger partial charge in [-0.2, -0.15) is 0 Å². The number of aromatic nitrogens is 1. The molecular weight excluding hydrogens is 434 g/mol. The summed E-state index contributed by atoms with van der Waals surface area (Å²) < 4.78 is 0. The first kappa shape index (κ1) is 23.1. The van der Waals surface area contributed by atoms with E-state index >= 15 is 0 Å². The summed E-state index contributed by atoms with van der Waals surface area (Å²) in [7, 11) is 1.79. The maximum absolute atomic E-state index is 13.0. The van der Waals surface area contributed by atoms with Crippen molar-refractivity contribution in [2.75, 3.05) is 19.3 Å². The van der Waals surface area contributed by atoms with E-state index in [1.165, 1.54) is 11.8 Å². The Morgan fingerprint density at radius 3 is 2.84 bits per heavy atom. The minimum atomic E-state index is -0.451. The summed E-state index contributed by atoms with van der Waals surface area (Å²) in [6.07, 6.45) is 5.63. The molecule has 0 aliphatic carbocycles. The van der Waals surface area contributed by atoms with Crippen LogP contribution in [-0.4, -0.2) is 51.7 Å². The predicted octanol–water partition coefficient (Wildman–Crippen LogP) is 3.73. The molecule has 1 saturated heterocycles. The van der Waals surface area contributed by atoms with E-state index in [2.05, 4.69) is 28.5 Å². The van der Waals surface area contributed by atoms with Gasteiger partial charge in [-0.25, -0.2) is 4.98 Å². The Morgan fingerprint density at radius 2 is 2.23 bits per heavy atom. The van der Waals surface area contributed by atoms with Crippen molar-refractivity contribution in [3.05, 3.63) is 66.0 Å². The number of hydrogen-bond donors (Lipinski definition) is 1. The maximum Gasteiger partial charge on any atom is 0.270 e. The Bertz CT molecular complexity index is 988. The van der Waals surface area contributed by atoms with Gasteiger partial charge in [-0.15, -0.1) is 11.8 Å². The first-order chi connectivity index (χ1) is 14.6. The number of carbonyl (C=O) groups is 2. The summed E-state index contributed by atoms with van der Waals surface area (Å²) in [5.74, 6) is 0.122. The van der Waals surface area contributed by atoms with Crippen molar-refractivity contribution in [2.45, 2.75) is 25.6 Å². The van der Waals surface area contributed by atoms with Crippen LogP contribution >= 0.6 is 23.4 Å². The molecule has 2 amide bonds. The summed E-state index contributed by atoms with van der Waals surface area (Å²) >= 11 is 7.51. The zero-order valence-electron chi connectivity index (χ0n) is 17.9. The Kier molecular flexibility index (Phi) is 6.91. The number of thioether (sulfide) groups is 1. The summed E-state index contributed by atoms with van der Waals surface area (Å²) in [6.45, 7) is 12.2. The summed E-state index contributed by atoms with van der Waals surface area (Å²) in [6, 6.07) is 3.58. The lowest BCUT2D eigenvalue weighted by Crippen LogP contribution is -2.37. The highest BCUT2D eigenvalue weighted by atomic mass is 35.5. The van der Waals surface area contributed by atoms with E-state index in [0.29, 0.717) is 34.6 Å². The van der Waals surface area contributed by atoms with Gasteiger partial charge in [0.05, 0.1) is 11.4 Å². The molecule has 1 unspecified atom stereocenters. The van der Waals surface area contributed by atoms with Crippen molar-refractivity contribution in [3.8, 4) is 0 Å². The molecule has 1 fully saturated rings. The SMILES string of the molecule is C=CN(C)C=C(NC(=O)C1=NC(c2ccnc(Cl)c2)SC1)C(=C)N1CCC(C)(C)C1=O. The molecule has 1 N–H and O–H groups in total. The van der Waals surface area contributed by atoms with E-state index in [9.17, 15) is 9.59 Å². The van der Waals surface area contributed by atoms with Gasteiger partial charge in [0.25, 0.3) is 5.91 Å². The molecule has 2 aliphatic rings. The molecule has 0 bridgehead atoms. The number of nitrogens with one attached hydrogen (secondary N) is 1. The topological polar surface area (TPSA) is 77.9 Å². The Morgan fingerprint density at radius 1 is 1.48 bits per heavy atom. The van der Waals surface area contributed by atoms with E-state index in [4.69, 9.17) is 11.6 Å². The van der Waals surface area contributed by atoms with Crippen molar-refractivity contribution in [3.63, 3.8) is 0 Å². The molecule has 164 valence electrons. The highest BCUT2D eigenvalue weighted by Gasteiger charge is 2.40. The molecule has 1 aromatic heterocycles. The summed E-state index contributed by atoms with van der Waals surface area (Å²) in [5.41, 5.74) is 1.73. The summed E-state index contributed by atoms with van der Waals surface area (Å²) in [4.78, 5) is 37.6. The number of pyridine rings is 1. The van der Waals surface area contributed by atoms with Crippen LogP contribution in [0.15, 0.2) is 60.3 Å². The molecule has 3 heterocycles. The van der Waals surface area contributed by atoms with E-state index in [0.717, 1.165) is 12.0 Å². The van der Waals surface area contributed by atoms with Crippen LogP contribution in [0.2, 0.25) is 5.15 Å². The van der Waals surface area contributed by atoms with E-state index in [1.807, 2.05) is 19.9 Å². The molecular formula is C22H26ClN5O2S. The molecule has 0 radical (unpaired) electrons. The average Bonchev–Trinajstić information content (AvgIpc) is 3.32. The summed E-state index contributed by atoms with van der Waals surface area (Å²) in [5, 5.41) is 3.06. The van der Waals surface area contributed by atoms with Crippen molar-refractivity contribution in [2.24, 2.45) is 10.4 Å². The standard InChI is InChI=1S/C22H26ClN5O2S/c1-6-27(5)12-16(14(2)28-10-8-22(3,4)21(28)30)25-19(29)17-13-31-20(26-17)15-7-9-24-18(23)11-15/h6-7,9,11-12,20H,1-2,8,10,13H2,3-5H3,(H,25,29). The van der Waals surface area contributed by atoms with Crippen LogP contribution in [0.4, 0.5) is 0 Å². The molecule has 1 atom stereocenters. The molecule has 31 heavy (non-hydrogen) atoms. The van der Waals surface area contributed by atoms with E-state index in [1.54, 1.807) is 41.5 Å². The molecule has 1 aromatic rings. The van der Waals surface area contributed by atoms with Gasteiger partial charge in [-0.05, 0) is 30.3 Å². The number of halogens is 1. The van der Waals surface area contributed by atoms with Gasteiger partial charge in [-0.3, -0.25) is 14.6 Å². The number of carbonyl (C=O) groups excluding carboxylic acids is 2. The van der Waals surface area contributed by atoms with Crippen LogP contribution in [-0.2, 0) is 9.59 Å². The fourth-order valence-electron chi connectivity index (χ4n) is 3.24. The van der Waals surface area contributed by atoms with Crippen molar-refractivity contribution < 1.29 is 9.59 Å². The van der Waals surface area contributed by atoms with E-state index < -0.39 is 5.41 Å². The average molecular weight is 460 g/mol. The van der Waals surface area contributed by atoms with Gasteiger partial charge in [0, 0.05) is 37.2 Å². The number of rotatable bonds is 7. The lowest BCUT2D eigenvalue weighted by atomic mass is 9.92. The Hall–Kier alpha value is -2.58. The monoisotopic (exact) mass is 459 g/mol. The third kappa shape index (κ3) is 5.19. The van der Waals surface area contributed by atoms with Crippen LogP contribution in [0.1, 0.15) is 31.2 Å². The Balaban J connectivity index is 1.79. The molecule has 9 heteroatoms. The Labute approximate surface area is 191 Å². The first-order valence-electron chi connectivity index (χ1n) is 9.81. The molecule has 7 nitrogen and oxygen atoms in total.